The molecule has 4 amide bonds. The molecule has 1 saturated heterocycles. The lowest BCUT2D eigenvalue weighted by Crippen LogP contribution is -2.54. The number of rotatable bonds is 2. The monoisotopic (exact) mass is 338 g/mol. The van der Waals surface area contributed by atoms with Crippen molar-refractivity contribution in [3.63, 3.8) is 0 Å². The van der Waals surface area contributed by atoms with Gasteiger partial charge in [-0.3, -0.25) is 14.9 Å². The zero-order chi connectivity index (χ0) is 18.1. The second-order valence-corrected chi connectivity index (χ2v) is 5.86. The van der Waals surface area contributed by atoms with Gasteiger partial charge in [0.25, 0.3) is 11.8 Å². The van der Waals surface area contributed by atoms with Crippen LogP contribution in [0.2, 0.25) is 0 Å². The molecule has 0 radical (unpaired) electrons. The van der Waals surface area contributed by atoms with Crippen molar-refractivity contribution in [2.24, 2.45) is 0 Å². The van der Waals surface area contributed by atoms with Gasteiger partial charge in [0, 0.05) is 0 Å². The highest BCUT2D eigenvalue weighted by Gasteiger charge is 2.36. The van der Waals surface area contributed by atoms with Crippen LogP contribution in [0, 0.1) is 19.7 Å². The molecule has 0 spiro atoms. The minimum atomic E-state index is -0.809. The van der Waals surface area contributed by atoms with E-state index in [1.54, 1.807) is 18.2 Å². The van der Waals surface area contributed by atoms with Gasteiger partial charge in [-0.1, -0.05) is 18.2 Å². The van der Waals surface area contributed by atoms with E-state index in [1.807, 2.05) is 19.9 Å². The van der Waals surface area contributed by atoms with Gasteiger partial charge in [0.2, 0.25) is 0 Å². The Morgan fingerprint density at radius 3 is 2.32 bits per heavy atom. The highest BCUT2D eigenvalue weighted by atomic mass is 19.1. The fraction of sp³-hybridized carbons (Fsp3) is 0.105. The summed E-state index contributed by atoms with van der Waals surface area (Å²) in [6.45, 7) is 3.69. The van der Waals surface area contributed by atoms with Crippen LogP contribution in [-0.2, 0) is 9.59 Å². The molecule has 1 fully saturated rings. The Labute approximate surface area is 143 Å². The Bertz CT molecular complexity index is 914. The zero-order valence-electron chi connectivity index (χ0n) is 13.7. The highest BCUT2D eigenvalue weighted by molar-refractivity contribution is 6.39. The number of urea groups is 1. The van der Waals surface area contributed by atoms with Crippen molar-refractivity contribution < 1.29 is 18.8 Å². The Hall–Kier alpha value is -3.28. The molecule has 6 heteroatoms. The van der Waals surface area contributed by atoms with Crippen molar-refractivity contribution in [1.29, 1.82) is 0 Å². The van der Waals surface area contributed by atoms with Gasteiger partial charge in [0.05, 0.1) is 5.69 Å². The molecule has 1 aliphatic heterocycles. The molecule has 1 heterocycles. The number of anilines is 1. The Kier molecular flexibility index (Phi) is 4.19. The maximum Gasteiger partial charge on any atom is 0.335 e. The van der Waals surface area contributed by atoms with Gasteiger partial charge in [0.15, 0.2) is 0 Å². The average molecular weight is 338 g/mol. The minimum absolute atomic E-state index is 0.232. The number of nitrogens with zero attached hydrogens (tertiary/aromatic N) is 1. The molecule has 0 atom stereocenters. The second kappa shape index (κ2) is 6.32. The number of halogens is 1. The fourth-order valence-corrected chi connectivity index (χ4v) is 2.73. The lowest BCUT2D eigenvalue weighted by atomic mass is 10.1. The van der Waals surface area contributed by atoms with Crippen LogP contribution in [0.1, 0.15) is 16.7 Å². The second-order valence-electron chi connectivity index (χ2n) is 5.86. The molecule has 3 rings (SSSR count). The maximum absolute atomic E-state index is 13.3. The van der Waals surface area contributed by atoms with Crippen LogP contribution in [0.4, 0.5) is 14.9 Å². The first-order valence-corrected chi connectivity index (χ1v) is 7.60. The van der Waals surface area contributed by atoms with Crippen LogP contribution in [0.25, 0.3) is 6.08 Å². The molecule has 0 aliphatic carbocycles. The van der Waals surface area contributed by atoms with Crippen molar-refractivity contribution in [1.82, 2.24) is 5.32 Å². The van der Waals surface area contributed by atoms with Crippen LogP contribution in [0.3, 0.4) is 0 Å². The Morgan fingerprint density at radius 2 is 1.68 bits per heavy atom. The lowest BCUT2D eigenvalue weighted by Gasteiger charge is -2.27. The molecular weight excluding hydrogens is 323 g/mol. The van der Waals surface area contributed by atoms with Crippen molar-refractivity contribution in [3.8, 4) is 0 Å². The summed E-state index contributed by atoms with van der Waals surface area (Å²) in [5.74, 6) is -2.04. The Balaban J connectivity index is 2.05. The summed E-state index contributed by atoms with van der Waals surface area (Å²) in [5, 5.41) is 2.15. The maximum atomic E-state index is 13.3. The first-order valence-electron chi connectivity index (χ1n) is 7.60. The van der Waals surface area contributed by atoms with Gasteiger partial charge in [0.1, 0.15) is 11.4 Å². The number of barbiturate groups is 1. The molecule has 126 valence electrons. The number of benzene rings is 2. The zero-order valence-corrected chi connectivity index (χ0v) is 13.7. The highest BCUT2D eigenvalue weighted by Crippen LogP contribution is 2.24. The first-order chi connectivity index (χ1) is 11.8. The molecule has 0 aromatic heterocycles. The van der Waals surface area contributed by atoms with Crippen LogP contribution in [0.15, 0.2) is 48.0 Å². The molecule has 0 bridgehead atoms. The minimum Gasteiger partial charge on any atom is -0.273 e. The number of imide groups is 2. The summed E-state index contributed by atoms with van der Waals surface area (Å²) in [7, 11) is 0. The predicted octanol–water partition coefficient (Wildman–Crippen LogP) is 3.11. The van der Waals surface area contributed by atoms with E-state index in [1.165, 1.54) is 24.3 Å². The summed E-state index contributed by atoms with van der Waals surface area (Å²) in [6, 6.07) is 9.95. The van der Waals surface area contributed by atoms with E-state index in [-0.39, 0.29) is 5.57 Å². The van der Waals surface area contributed by atoms with E-state index in [2.05, 4.69) is 5.32 Å². The molecule has 1 N–H and O–H groups in total. The summed E-state index contributed by atoms with van der Waals surface area (Å²) >= 11 is 0. The van der Waals surface area contributed by atoms with Crippen LogP contribution in [-0.4, -0.2) is 17.8 Å². The third-order valence-electron chi connectivity index (χ3n) is 3.73. The number of amides is 4. The topological polar surface area (TPSA) is 66.5 Å². The molecule has 2 aromatic carbocycles. The van der Waals surface area contributed by atoms with Gasteiger partial charge in [-0.15, -0.1) is 0 Å². The lowest BCUT2D eigenvalue weighted by molar-refractivity contribution is -0.122. The molecule has 0 unspecified atom stereocenters. The number of carbonyl (C=O) groups excluding carboxylic acids is 3. The van der Waals surface area contributed by atoms with Gasteiger partial charge >= 0.3 is 6.03 Å². The van der Waals surface area contributed by atoms with Crippen LogP contribution in [0.5, 0.6) is 0 Å². The van der Waals surface area contributed by atoms with E-state index in [0.717, 1.165) is 16.0 Å². The third-order valence-corrected chi connectivity index (χ3v) is 3.73. The largest absolute Gasteiger partial charge is 0.335 e. The number of hydrogen-bond donors (Lipinski definition) is 1. The summed E-state index contributed by atoms with van der Waals surface area (Å²) in [5.41, 5.74) is 2.25. The number of carbonyl (C=O) groups is 3. The van der Waals surface area contributed by atoms with E-state index in [0.29, 0.717) is 11.3 Å². The van der Waals surface area contributed by atoms with Gasteiger partial charge in [-0.25, -0.2) is 14.1 Å². The smallest absolute Gasteiger partial charge is 0.273 e. The first kappa shape index (κ1) is 16.6. The molecule has 2 aromatic rings. The standard InChI is InChI=1S/C19H15FN2O3/c1-11-6-12(2)8-15(7-11)22-18(24)16(17(23)21-19(22)25)10-13-4-3-5-14(20)9-13/h3-10H,1-2H3,(H,21,23,25). The number of nitrogens with one attached hydrogen (secondary N) is 1. The van der Waals surface area contributed by atoms with E-state index in [4.69, 9.17) is 0 Å². The van der Waals surface area contributed by atoms with E-state index < -0.39 is 23.7 Å². The van der Waals surface area contributed by atoms with Gasteiger partial charge in [-0.2, -0.15) is 0 Å². The molecular formula is C19H15FN2O3. The van der Waals surface area contributed by atoms with Crippen molar-refractivity contribution in [2.45, 2.75) is 13.8 Å². The average Bonchev–Trinajstić information content (AvgIpc) is 2.50. The number of aryl methyl sites for hydroxylation is 2. The summed E-state index contributed by atoms with van der Waals surface area (Å²) in [6.07, 6.45) is 1.27. The van der Waals surface area contributed by atoms with Crippen LogP contribution < -0.4 is 10.2 Å². The molecule has 0 saturated carbocycles. The summed E-state index contributed by atoms with van der Waals surface area (Å²) < 4.78 is 13.3. The summed E-state index contributed by atoms with van der Waals surface area (Å²) in [4.78, 5) is 37.9. The van der Waals surface area contributed by atoms with Gasteiger partial charge in [-0.05, 0) is 60.9 Å². The van der Waals surface area contributed by atoms with E-state index >= 15 is 0 Å². The van der Waals surface area contributed by atoms with Gasteiger partial charge < -0.3 is 0 Å². The third kappa shape index (κ3) is 3.33. The number of hydrogen-bond acceptors (Lipinski definition) is 3. The SMILES string of the molecule is Cc1cc(C)cc(N2C(=O)NC(=O)C(=Cc3cccc(F)c3)C2=O)c1. The normalized spacial score (nSPS) is 16.4. The molecule has 5 nitrogen and oxygen atoms in total. The molecule has 1 aliphatic rings. The van der Waals surface area contributed by atoms with Crippen LogP contribution >= 0.6 is 0 Å². The fourth-order valence-electron chi connectivity index (χ4n) is 2.73. The van der Waals surface area contributed by atoms with Crippen molar-refractivity contribution in [2.75, 3.05) is 4.90 Å². The molecule has 25 heavy (non-hydrogen) atoms. The Morgan fingerprint density at radius 1 is 1.00 bits per heavy atom. The quantitative estimate of drug-likeness (QED) is 0.676. The van der Waals surface area contributed by atoms with Crippen molar-refractivity contribution in [3.05, 3.63) is 70.5 Å². The van der Waals surface area contributed by atoms with E-state index in [9.17, 15) is 18.8 Å². The predicted molar refractivity (Wildman–Crippen MR) is 91.3 cm³/mol. The van der Waals surface area contributed by atoms with Crippen molar-refractivity contribution >= 4 is 29.6 Å².